The van der Waals surface area contributed by atoms with Gasteiger partial charge in [-0.05, 0) is 18.9 Å². The number of sulfone groups is 1. The fourth-order valence-electron chi connectivity index (χ4n) is 2.96. The monoisotopic (exact) mass is 338 g/mol. The highest BCUT2D eigenvalue weighted by Crippen LogP contribution is 2.18. The first-order valence-corrected chi connectivity index (χ1v) is 10.0. The van der Waals surface area contributed by atoms with E-state index in [4.69, 9.17) is 0 Å². The largest absolute Gasteiger partial charge is 0.336 e. The van der Waals surface area contributed by atoms with E-state index in [0.717, 1.165) is 32.3 Å². The summed E-state index contributed by atoms with van der Waals surface area (Å²) in [5.41, 5.74) is 1.26. The summed E-state index contributed by atoms with van der Waals surface area (Å²) < 4.78 is 23.3. The maximum absolute atomic E-state index is 12.5. The van der Waals surface area contributed by atoms with Gasteiger partial charge in [0.25, 0.3) is 0 Å². The van der Waals surface area contributed by atoms with Gasteiger partial charge in [-0.2, -0.15) is 0 Å². The fraction of sp³-hybridized carbons (Fsp3) is 0.588. The molecule has 1 aromatic carbocycles. The van der Waals surface area contributed by atoms with Crippen LogP contribution in [0.2, 0.25) is 0 Å². The second kappa shape index (κ2) is 7.45. The molecular formula is C17H26N2O3S. The quantitative estimate of drug-likeness (QED) is 0.817. The Kier molecular flexibility index (Phi) is 5.81. The molecule has 0 spiro atoms. The molecule has 1 saturated heterocycles. The lowest BCUT2D eigenvalue weighted by atomic mass is 10.1. The second-order valence-corrected chi connectivity index (χ2v) is 8.65. The molecule has 0 bridgehead atoms. The molecular weight excluding hydrogens is 312 g/mol. The number of amides is 1. The number of hydrogen-bond acceptors (Lipinski definition) is 4. The topological polar surface area (TPSA) is 57.7 Å². The lowest BCUT2D eigenvalue weighted by molar-refractivity contribution is -0.135. The summed E-state index contributed by atoms with van der Waals surface area (Å²) in [7, 11) is -3.35. The van der Waals surface area contributed by atoms with Crippen molar-refractivity contribution >= 4 is 15.7 Å². The summed E-state index contributed by atoms with van der Waals surface area (Å²) in [5, 5.41) is -0.961. The van der Waals surface area contributed by atoms with Crippen molar-refractivity contribution < 1.29 is 13.2 Å². The van der Waals surface area contributed by atoms with E-state index in [9.17, 15) is 13.2 Å². The van der Waals surface area contributed by atoms with Gasteiger partial charge in [-0.15, -0.1) is 0 Å². The molecule has 0 radical (unpaired) electrons. The van der Waals surface area contributed by atoms with Crippen LogP contribution in [0.4, 0.5) is 0 Å². The summed E-state index contributed by atoms with van der Waals surface area (Å²) >= 11 is 0. The van der Waals surface area contributed by atoms with Crippen LogP contribution in [0, 0.1) is 0 Å². The van der Waals surface area contributed by atoms with Crippen LogP contribution >= 0.6 is 0 Å². The van der Waals surface area contributed by atoms with E-state index in [1.54, 1.807) is 4.90 Å². The molecule has 1 aromatic rings. The highest BCUT2D eigenvalue weighted by molar-refractivity contribution is 7.92. The number of benzene rings is 1. The third-order valence-electron chi connectivity index (χ3n) is 4.56. The summed E-state index contributed by atoms with van der Waals surface area (Å²) in [6.45, 7) is 6.54. The van der Waals surface area contributed by atoms with Crippen LogP contribution in [-0.4, -0.2) is 61.3 Å². The average molecular weight is 338 g/mol. The van der Waals surface area contributed by atoms with Gasteiger partial charge >= 0.3 is 0 Å². The molecule has 128 valence electrons. The van der Waals surface area contributed by atoms with E-state index < -0.39 is 15.1 Å². The summed E-state index contributed by atoms with van der Waals surface area (Å²) in [6.07, 6.45) is 1.95. The van der Waals surface area contributed by atoms with Gasteiger partial charge in [0.15, 0.2) is 9.84 Å². The average Bonchev–Trinajstić information content (AvgIpc) is 2.53. The van der Waals surface area contributed by atoms with E-state index in [0.29, 0.717) is 6.54 Å². The summed E-state index contributed by atoms with van der Waals surface area (Å²) in [6, 6.07) is 10.3. The van der Waals surface area contributed by atoms with Crippen molar-refractivity contribution in [2.45, 2.75) is 38.1 Å². The predicted molar refractivity (Wildman–Crippen MR) is 91.8 cm³/mol. The lowest BCUT2D eigenvalue weighted by Gasteiger charge is -2.42. The highest BCUT2D eigenvalue weighted by atomic mass is 32.2. The van der Waals surface area contributed by atoms with E-state index in [1.165, 1.54) is 12.5 Å². The van der Waals surface area contributed by atoms with E-state index >= 15 is 0 Å². The molecule has 1 aliphatic rings. The third kappa shape index (κ3) is 4.54. The number of piperazine rings is 1. The molecule has 2 rings (SSSR count). The maximum atomic E-state index is 12.5. The Morgan fingerprint density at radius 3 is 2.48 bits per heavy atom. The van der Waals surface area contributed by atoms with Crippen LogP contribution in [0.15, 0.2) is 30.3 Å². The number of rotatable bonds is 5. The molecule has 5 nitrogen and oxygen atoms in total. The van der Waals surface area contributed by atoms with Gasteiger partial charge in [0.1, 0.15) is 5.25 Å². The van der Waals surface area contributed by atoms with Crippen LogP contribution in [0.25, 0.3) is 0 Å². The standard InChI is InChI=1S/C17H26N2O3S/c1-4-16-13-18(12-15-8-6-5-7-9-15)10-11-19(16)17(20)14(2)23(3,21)22/h5-9,14,16H,4,10-13H2,1-3H3/t14-,16-/m0/s1. The van der Waals surface area contributed by atoms with Crippen LogP contribution < -0.4 is 0 Å². The lowest BCUT2D eigenvalue weighted by Crippen LogP contribution is -2.57. The van der Waals surface area contributed by atoms with Gasteiger partial charge in [-0.1, -0.05) is 37.3 Å². The van der Waals surface area contributed by atoms with E-state index in [1.807, 2.05) is 25.1 Å². The molecule has 1 aliphatic heterocycles. The maximum Gasteiger partial charge on any atom is 0.240 e. The van der Waals surface area contributed by atoms with Crippen molar-refractivity contribution in [1.29, 1.82) is 0 Å². The molecule has 6 heteroatoms. The Hall–Kier alpha value is -1.40. The molecule has 2 atom stereocenters. The number of carbonyl (C=O) groups excluding carboxylic acids is 1. The van der Waals surface area contributed by atoms with Crippen molar-refractivity contribution in [3.8, 4) is 0 Å². The van der Waals surface area contributed by atoms with Crippen molar-refractivity contribution in [3.63, 3.8) is 0 Å². The Morgan fingerprint density at radius 2 is 1.91 bits per heavy atom. The Bertz CT molecular complexity index is 630. The van der Waals surface area contributed by atoms with Crippen molar-refractivity contribution in [2.24, 2.45) is 0 Å². The SMILES string of the molecule is CC[C@H]1CN(Cc2ccccc2)CCN1C(=O)[C@H](C)S(C)(=O)=O. The van der Waals surface area contributed by atoms with Gasteiger partial charge in [0, 0.05) is 38.5 Å². The molecule has 1 fully saturated rings. The molecule has 23 heavy (non-hydrogen) atoms. The second-order valence-electron chi connectivity index (χ2n) is 6.29. The van der Waals surface area contributed by atoms with Crippen molar-refractivity contribution in [1.82, 2.24) is 9.80 Å². The molecule has 0 saturated carbocycles. The van der Waals surface area contributed by atoms with Crippen molar-refractivity contribution in [3.05, 3.63) is 35.9 Å². The molecule has 0 aliphatic carbocycles. The fourth-order valence-corrected chi connectivity index (χ4v) is 3.46. The van der Waals surface area contributed by atoms with Crippen molar-refractivity contribution in [2.75, 3.05) is 25.9 Å². The van der Waals surface area contributed by atoms with Crippen LogP contribution in [-0.2, 0) is 21.2 Å². The minimum Gasteiger partial charge on any atom is -0.336 e. The third-order valence-corrected chi connectivity index (χ3v) is 6.05. The first kappa shape index (κ1) is 17.9. The zero-order valence-corrected chi connectivity index (χ0v) is 14.9. The van der Waals surface area contributed by atoms with Crippen LogP contribution in [0.5, 0.6) is 0 Å². The van der Waals surface area contributed by atoms with Gasteiger partial charge in [-0.3, -0.25) is 9.69 Å². The van der Waals surface area contributed by atoms with Gasteiger partial charge in [0.2, 0.25) is 5.91 Å². The summed E-state index contributed by atoms with van der Waals surface area (Å²) in [5.74, 6) is -0.265. The van der Waals surface area contributed by atoms with E-state index in [2.05, 4.69) is 17.0 Å². The summed E-state index contributed by atoms with van der Waals surface area (Å²) in [4.78, 5) is 16.6. The van der Waals surface area contributed by atoms with Crippen LogP contribution in [0.3, 0.4) is 0 Å². The minimum absolute atomic E-state index is 0.0733. The van der Waals surface area contributed by atoms with E-state index in [-0.39, 0.29) is 11.9 Å². The predicted octanol–water partition coefficient (Wildman–Crippen LogP) is 1.54. The molecule has 1 amide bonds. The highest BCUT2D eigenvalue weighted by Gasteiger charge is 2.35. The Balaban J connectivity index is 2.03. The first-order valence-electron chi connectivity index (χ1n) is 8.08. The van der Waals surface area contributed by atoms with Crippen LogP contribution in [0.1, 0.15) is 25.8 Å². The normalized spacial score (nSPS) is 21.2. The minimum atomic E-state index is -3.35. The Labute approximate surface area is 139 Å². The number of nitrogens with zero attached hydrogens (tertiary/aromatic N) is 2. The van der Waals surface area contributed by atoms with Gasteiger partial charge in [-0.25, -0.2) is 8.42 Å². The molecule has 1 heterocycles. The first-order chi connectivity index (χ1) is 10.8. The Morgan fingerprint density at radius 1 is 1.26 bits per heavy atom. The zero-order valence-electron chi connectivity index (χ0n) is 14.1. The number of carbonyl (C=O) groups is 1. The molecule has 0 unspecified atom stereocenters. The molecule has 0 N–H and O–H groups in total. The molecule has 0 aromatic heterocycles. The number of hydrogen-bond donors (Lipinski definition) is 0. The zero-order chi connectivity index (χ0) is 17.0. The van der Waals surface area contributed by atoms with Gasteiger partial charge in [0.05, 0.1) is 0 Å². The smallest absolute Gasteiger partial charge is 0.240 e. The van der Waals surface area contributed by atoms with Gasteiger partial charge < -0.3 is 4.90 Å².